The number of aryl methyl sites for hydroxylation is 1. The molecule has 3 heterocycles. The van der Waals surface area contributed by atoms with Crippen molar-refractivity contribution in [1.82, 2.24) is 14.9 Å². The molecule has 0 aliphatic carbocycles. The Morgan fingerprint density at radius 3 is 2.64 bits per heavy atom. The van der Waals surface area contributed by atoms with Gasteiger partial charge in [0, 0.05) is 30.6 Å². The Bertz CT molecular complexity index is 1200. The highest BCUT2D eigenvalue weighted by molar-refractivity contribution is 5.97. The molecule has 0 bridgehead atoms. The first-order chi connectivity index (χ1) is 16.0. The van der Waals surface area contributed by atoms with E-state index in [-0.39, 0.29) is 5.91 Å². The quantitative estimate of drug-likeness (QED) is 0.642. The lowest BCUT2D eigenvalue weighted by molar-refractivity contribution is 0.0712. The Hall–Kier alpha value is -3.43. The van der Waals surface area contributed by atoms with Gasteiger partial charge in [0.2, 0.25) is 0 Å². The molecule has 1 saturated heterocycles. The number of nitrogens with zero attached hydrogens (tertiary/aromatic N) is 3. The third-order valence-corrected chi connectivity index (χ3v) is 7.06. The van der Waals surface area contributed by atoms with Gasteiger partial charge >= 0.3 is 0 Å². The van der Waals surface area contributed by atoms with Crippen LogP contribution in [-0.2, 0) is 17.8 Å². The largest absolute Gasteiger partial charge is 0.375 e. The second-order valence-corrected chi connectivity index (χ2v) is 9.08. The summed E-state index contributed by atoms with van der Waals surface area (Å²) in [6.07, 6.45) is 2.68. The Labute approximate surface area is 194 Å². The van der Waals surface area contributed by atoms with Crippen LogP contribution in [0.2, 0.25) is 0 Å². The van der Waals surface area contributed by atoms with Crippen molar-refractivity contribution >= 4 is 5.91 Å². The predicted octanol–water partition coefficient (Wildman–Crippen LogP) is 4.66. The van der Waals surface area contributed by atoms with E-state index in [4.69, 9.17) is 15.0 Å². The molecule has 168 valence electrons. The SMILES string of the molecule is Cc1cc(-c2nc3c([nH]2)COCC3)cc(C(=O)N2CCC(c3ccc(C#N)cc3)CC2)c1C. The zero-order valence-electron chi connectivity index (χ0n) is 19.1. The van der Waals surface area contributed by atoms with Crippen molar-refractivity contribution in [2.45, 2.75) is 45.6 Å². The number of rotatable bonds is 3. The van der Waals surface area contributed by atoms with Gasteiger partial charge in [0.1, 0.15) is 5.82 Å². The van der Waals surface area contributed by atoms with Crippen LogP contribution in [-0.4, -0.2) is 40.5 Å². The number of ether oxygens (including phenoxy) is 1. The first kappa shape index (κ1) is 21.4. The van der Waals surface area contributed by atoms with E-state index in [1.165, 1.54) is 5.56 Å². The van der Waals surface area contributed by atoms with Crippen LogP contribution in [0.4, 0.5) is 0 Å². The summed E-state index contributed by atoms with van der Waals surface area (Å²) in [6, 6.07) is 14.1. The van der Waals surface area contributed by atoms with Gasteiger partial charge < -0.3 is 14.6 Å². The smallest absolute Gasteiger partial charge is 0.254 e. The van der Waals surface area contributed by atoms with E-state index in [1.807, 2.05) is 42.2 Å². The average Bonchev–Trinajstić information content (AvgIpc) is 3.30. The van der Waals surface area contributed by atoms with Crippen molar-refractivity contribution in [2.75, 3.05) is 19.7 Å². The number of imidazole rings is 1. The van der Waals surface area contributed by atoms with Crippen LogP contribution < -0.4 is 0 Å². The number of carbonyl (C=O) groups excluding carboxylic acids is 1. The zero-order chi connectivity index (χ0) is 22.9. The van der Waals surface area contributed by atoms with Crippen LogP contribution in [0.1, 0.15) is 62.8 Å². The van der Waals surface area contributed by atoms with Crippen LogP contribution >= 0.6 is 0 Å². The van der Waals surface area contributed by atoms with Crippen molar-refractivity contribution in [2.24, 2.45) is 0 Å². The van der Waals surface area contributed by atoms with Crippen molar-refractivity contribution in [3.05, 3.63) is 75.6 Å². The number of piperidine rings is 1. The lowest BCUT2D eigenvalue weighted by Crippen LogP contribution is -2.38. The number of nitriles is 1. The molecular weight excluding hydrogens is 412 g/mol. The molecule has 3 aromatic rings. The number of fused-ring (bicyclic) bond motifs is 1. The highest BCUT2D eigenvalue weighted by atomic mass is 16.5. The molecule has 33 heavy (non-hydrogen) atoms. The van der Waals surface area contributed by atoms with Crippen LogP contribution in [0.25, 0.3) is 11.4 Å². The number of H-pyrrole nitrogens is 1. The lowest BCUT2D eigenvalue weighted by Gasteiger charge is -2.33. The minimum Gasteiger partial charge on any atom is -0.375 e. The normalized spacial score (nSPS) is 16.3. The molecule has 1 N–H and O–H groups in total. The molecule has 0 saturated carbocycles. The minimum atomic E-state index is 0.0929. The minimum absolute atomic E-state index is 0.0929. The summed E-state index contributed by atoms with van der Waals surface area (Å²) in [7, 11) is 0. The number of nitrogens with one attached hydrogen (secondary N) is 1. The number of aromatic amines is 1. The average molecular weight is 441 g/mol. The second-order valence-electron chi connectivity index (χ2n) is 9.08. The first-order valence-electron chi connectivity index (χ1n) is 11.6. The third kappa shape index (κ3) is 4.17. The maximum absolute atomic E-state index is 13.5. The van der Waals surface area contributed by atoms with E-state index in [2.05, 4.69) is 24.0 Å². The Morgan fingerprint density at radius 1 is 1.18 bits per heavy atom. The van der Waals surface area contributed by atoms with Crippen molar-refractivity contribution in [3.63, 3.8) is 0 Å². The number of likely N-dealkylation sites (tertiary alicyclic amines) is 1. The van der Waals surface area contributed by atoms with Crippen molar-refractivity contribution in [1.29, 1.82) is 5.26 Å². The van der Waals surface area contributed by atoms with E-state index in [0.717, 1.165) is 71.8 Å². The number of benzene rings is 2. The van der Waals surface area contributed by atoms with Gasteiger partial charge in [-0.25, -0.2) is 4.98 Å². The number of hydrogen-bond donors (Lipinski definition) is 1. The monoisotopic (exact) mass is 440 g/mol. The van der Waals surface area contributed by atoms with Gasteiger partial charge in [0.05, 0.1) is 36.2 Å². The first-order valence-corrected chi connectivity index (χ1v) is 11.6. The molecule has 0 spiro atoms. The van der Waals surface area contributed by atoms with Gasteiger partial charge in [-0.2, -0.15) is 5.26 Å². The van der Waals surface area contributed by atoms with Crippen molar-refractivity contribution < 1.29 is 9.53 Å². The Balaban J connectivity index is 1.34. The molecule has 1 amide bonds. The molecule has 2 aromatic carbocycles. The van der Waals surface area contributed by atoms with Crippen LogP contribution in [0.5, 0.6) is 0 Å². The summed E-state index contributed by atoms with van der Waals surface area (Å²) in [6.45, 7) is 6.81. The Morgan fingerprint density at radius 2 is 1.94 bits per heavy atom. The fourth-order valence-electron chi connectivity index (χ4n) is 4.89. The lowest BCUT2D eigenvalue weighted by atomic mass is 9.88. The fourth-order valence-corrected chi connectivity index (χ4v) is 4.89. The summed E-state index contributed by atoms with van der Waals surface area (Å²) in [4.78, 5) is 23.7. The number of aromatic nitrogens is 2. The van der Waals surface area contributed by atoms with Gasteiger partial charge in [-0.3, -0.25) is 4.79 Å². The standard InChI is InChI=1S/C27H28N4O2/c1-17-13-22(26-29-24-9-12-33-16-25(24)30-26)14-23(18(17)2)27(32)31-10-7-21(8-11-31)20-5-3-19(15-28)4-6-20/h3-6,13-14,21H,7-12,16H2,1-2H3,(H,29,30). The number of carbonyl (C=O) groups is 1. The van der Waals surface area contributed by atoms with E-state index in [9.17, 15) is 4.79 Å². The molecule has 0 unspecified atom stereocenters. The summed E-state index contributed by atoms with van der Waals surface area (Å²) in [5.41, 5.74) is 7.85. The maximum Gasteiger partial charge on any atom is 0.254 e. The number of hydrogen-bond acceptors (Lipinski definition) is 4. The van der Waals surface area contributed by atoms with Crippen LogP contribution in [0, 0.1) is 25.2 Å². The highest BCUT2D eigenvalue weighted by Gasteiger charge is 2.26. The van der Waals surface area contributed by atoms with Gasteiger partial charge in [0.15, 0.2) is 0 Å². The van der Waals surface area contributed by atoms with E-state index < -0.39 is 0 Å². The van der Waals surface area contributed by atoms with Crippen molar-refractivity contribution in [3.8, 4) is 17.5 Å². The molecule has 5 rings (SSSR count). The van der Waals surface area contributed by atoms with E-state index in [1.54, 1.807) is 0 Å². The summed E-state index contributed by atoms with van der Waals surface area (Å²) in [5, 5.41) is 9.01. The summed E-state index contributed by atoms with van der Waals surface area (Å²) < 4.78 is 5.54. The molecule has 6 nitrogen and oxygen atoms in total. The van der Waals surface area contributed by atoms with E-state index >= 15 is 0 Å². The molecule has 2 aliphatic heterocycles. The molecule has 0 atom stereocenters. The molecule has 6 heteroatoms. The summed E-state index contributed by atoms with van der Waals surface area (Å²) in [5.74, 6) is 1.32. The molecular formula is C27H28N4O2. The maximum atomic E-state index is 13.5. The summed E-state index contributed by atoms with van der Waals surface area (Å²) >= 11 is 0. The Kier molecular flexibility index (Phi) is 5.74. The van der Waals surface area contributed by atoms with Gasteiger partial charge in [-0.15, -0.1) is 0 Å². The predicted molar refractivity (Wildman–Crippen MR) is 126 cm³/mol. The molecule has 1 aromatic heterocycles. The van der Waals surface area contributed by atoms with Gasteiger partial charge in [-0.1, -0.05) is 12.1 Å². The fraction of sp³-hybridized carbons (Fsp3) is 0.370. The third-order valence-electron chi connectivity index (χ3n) is 7.06. The van der Waals surface area contributed by atoms with Gasteiger partial charge in [0.25, 0.3) is 5.91 Å². The van der Waals surface area contributed by atoms with Gasteiger partial charge in [-0.05, 0) is 73.6 Å². The van der Waals surface area contributed by atoms with Crippen LogP contribution in [0.15, 0.2) is 36.4 Å². The second kappa shape index (κ2) is 8.84. The van der Waals surface area contributed by atoms with E-state index in [0.29, 0.717) is 24.7 Å². The molecule has 1 fully saturated rings. The highest BCUT2D eigenvalue weighted by Crippen LogP contribution is 2.31. The topological polar surface area (TPSA) is 82.0 Å². The molecule has 0 radical (unpaired) electrons. The zero-order valence-corrected chi connectivity index (χ0v) is 19.1. The number of amides is 1. The molecule has 2 aliphatic rings. The van der Waals surface area contributed by atoms with Crippen LogP contribution in [0.3, 0.4) is 0 Å².